The third-order valence-electron chi connectivity index (χ3n) is 2.51. The summed E-state index contributed by atoms with van der Waals surface area (Å²) in [6, 6.07) is 5.81. The van der Waals surface area contributed by atoms with Crippen LogP contribution in [0.3, 0.4) is 0 Å². The molecule has 1 aromatic carbocycles. The second-order valence-corrected chi connectivity index (χ2v) is 4.55. The summed E-state index contributed by atoms with van der Waals surface area (Å²) in [6.45, 7) is 0.140. The second-order valence-electron chi connectivity index (χ2n) is 3.69. The molecule has 0 spiro atoms. The monoisotopic (exact) mass is 301 g/mol. The first kappa shape index (κ1) is 14.0. The van der Waals surface area contributed by atoms with Crippen molar-refractivity contribution in [2.24, 2.45) is 0 Å². The third kappa shape index (κ3) is 4.02. The number of aliphatic hydroxyl groups excluding tert-OH is 1. The Bertz CT molecular complexity index is 395. The number of rotatable bonds is 5. The molecule has 0 fully saturated rings. The zero-order chi connectivity index (χ0) is 12.8. The van der Waals surface area contributed by atoms with E-state index in [1.54, 1.807) is 14.2 Å². The van der Waals surface area contributed by atoms with E-state index in [1.807, 2.05) is 18.2 Å². The highest BCUT2D eigenvalue weighted by Gasteiger charge is 2.07. The first-order chi connectivity index (χ1) is 8.08. The van der Waals surface area contributed by atoms with Gasteiger partial charge in [-0.15, -0.1) is 0 Å². The number of carbonyl (C=O) groups excluding carboxylic acids is 1. The maximum atomic E-state index is 11.1. The van der Waals surface area contributed by atoms with Gasteiger partial charge in [0.15, 0.2) is 0 Å². The summed E-state index contributed by atoms with van der Waals surface area (Å²) in [5, 5.41) is 8.70. The zero-order valence-electron chi connectivity index (χ0n) is 9.94. The van der Waals surface area contributed by atoms with E-state index >= 15 is 0 Å². The minimum absolute atomic E-state index is 0.266. The van der Waals surface area contributed by atoms with Crippen LogP contribution in [0, 0.1) is 0 Å². The number of ether oxygens (including phenoxy) is 1. The highest BCUT2D eigenvalue weighted by molar-refractivity contribution is 9.10. The lowest BCUT2D eigenvalue weighted by Crippen LogP contribution is -2.31. The molecule has 0 bridgehead atoms. The Morgan fingerprint density at radius 3 is 2.76 bits per heavy atom. The van der Waals surface area contributed by atoms with Gasteiger partial charge in [-0.2, -0.15) is 0 Å². The maximum absolute atomic E-state index is 11.1. The summed E-state index contributed by atoms with van der Waals surface area (Å²) in [6.07, 6.45) is 0.741. The van der Waals surface area contributed by atoms with Crippen LogP contribution in [0.15, 0.2) is 22.7 Å². The molecule has 0 radical (unpaired) electrons. The molecule has 0 saturated heterocycles. The van der Waals surface area contributed by atoms with Gasteiger partial charge in [0.25, 0.3) is 0 Å². The summed E-state index contributed by atoms with van der Waals surface area (Å²) in [5.41, 5.74) is 1.11. The average molecular weight is 302 g/mol. The van der Waals surface area contributed by atoms with Crippen LogP contribution in [-0.2, 0) is 11.2 Å². The van der Waals surface area contributed by atoms with Gasteiger partial charge >= 0.3 is 0 Å². The Labute approximate surface area is 109 Å². The van der Waals surface area contributed by atoms with Crippen LogP contribution in [0.5, 0.6) is 5.75 Å². The summed E-state index contributed by atoms with van der Waals surface area (Å²) >= 11 is 3.41. The molecule has 0 aromatic heterocycles. The number of likely N-dealkylation sites (N-methyl/N-ethyl adjacent to an activating group) is 1. The number of amides is 1. The van der Waals surface area contributed by atoms with Gasteiger partial charge in [-0.05, 0) is 40.0 Å². The summed E-state index contributed by atoms with van der Waals surface area (Å²) < 4.78 is 6.03. The largest absolute Gasteiger partial charge is 0.496 e. The van der Waals surface area contributed by atoms with E-state index in [4.69, 9.17) is 9.84 Å². The molecule has 4 nitrogen and oxygen atoms in total. The van der Waals surface area contributed by atoms with Gasteiger partial charge in [-0.3, -0.25) is 4.79 Å². The Morgan fingerprint density at radius 1 is 1.53 bits per heavy atom. The Hall–Kier alpha value is -1.07. The van der Waals surface area contributed by atoms with Crippen LogP contribution in [0.2, 0.25) is 0 Å². The third-order valence-corrected chi connectivity index (χ3v) is 3.13. The van der Waals surface area contributed by atoms with E-state index in [-0.39, 0.29) is 5.91 Å². The molecule has 0 aliphatic heterocycles. The molecule has 94 valence electrons. The van der Waals surface area contributed by atoms with Crippen molar-refractivity contribution in [3.63, 3.8) is 0 Å². The first-order valence-electron chi connectivity index (χ1n) is 5.25. The van der Waals surface area contributed by atoms with Crippen molar-refractivity contribution in [2.45, 2.75) is 6.42 Å². The molecule has 17 heavy (non-hydrogen) atoms. The number of halogens is 1. The molecule has 0 aliphatic rings. The minimum Gasteiger partial charge on any atom is -0.496 e. The van der Waals surface area contributed by atoms with Gasteiger partial charge < -0.3 is 14.7 Å². The molecule has 0 saturated carbocycles. The van der Waals surface area contributed by atoms with E-state index < -0.39 is 6.61 Å². The molecule has 1 aromatic rings. The van der Waals surface area contributed by atoms with Crippen LogP contribution in [0.25, 0.3) is 0 Å². The summed E-state index contributed by atoms with van der Waals surface area (Å²) in [7, 11) is 3.30. The molecule has 5 heteroatoms. The van der Waals surface area contributed by atoms with Crippen molar-refractivity contribution in [1.29, 1.82) is 0 Å². The van der Waals surface area contributed by atoms with Crippen LogP contribution in [0.4, 0.5) is 0 Å². The highest BCUT2D eigenvalue weighted by atomic mass is 79.9. The van der Waals surface area contributed by atoms with Gasteiger partial charge in [0.05, 0.1) is 11.6 Å². The van der Waals surface area contributed by atoms with Crippen molar-refractivity contribution in [3.8, 4) is 5.75 Å². The Balaban J connectivity index is 2.58. The summed E-state index contributed by atoms with van der Waals surface area (Å²) in [4.78, 5) is 12.7. The maximum Gasteiger partial charge on any atom is 0.248 e. The molecule has 0 aliphatic carbocycles. The molecule has 1 amide bonds. The van der Waals surface area contributed by atoms with Crippen molar-refractivity contribution < 1.29 is 14.6 Å². The fourth-order valence-corrected chi connectivity index (χ4v) is 2.00. The topological polar surface area (TPSA) is 49.8 Å². The predicted molar refractivity (Wildman–Crippen MR) is 69.1 cm³/mol. The number of carbonyl (C=O) groups is 1. The predicted octanol–water partition coefficient (Wildman–Crippen LogP) is 1.45. The van der Waals surface area contributed by atoms with E-state index in [9.17, 15) is 4.79 Å². The van der Waals surface area contributed by atoms with E-state index in [2.05, 4.69) is 15.9 Å². The van der Waals surface area contributed by atoms with Gasteiger partial charge in [-0.1, -0.05) is 6.07 Å². The molecular formula is C12H16BrNO3. The van der Waals surface area contributed by atoms with Crippen molar-refractivity contribution in [3.05, 3.63) is 28.2 Å². The number of nitrogens with zero attached hydrogens (tertiary/aromatic N) is 1. The quantitative estimate of drug-likeness (QED) is 0.895. The van der Waals surface area contributed by atoms with E-state index in [0.29, 0.717) is 6.54 Å². The van der Waals surface area contributed by atoms with Crippen molar-refractivity contribution >= 4 is 21.8 Å². The smallest absolute Gasteiger partial charge is 0.248 e. The van der Waals surface area contributed by atoms with Gasteiger partial charge in [0.2, 0.25) is 5.91 Å². The van der Waals surface area contributed by atoms with Gasteiger partial charge in [0, 0.05) is 13.6 Å². The number of hydrogen-bond acceptors (Lipinski definition) is 3. The average Bonchev–Trinajstić information content (AvgIpc) is 2.35. The summed E-state index contributed by atoms with van der Waals surface area (Å²) in [5.74, 6) is 0.520. The van der Waals surface area contributed by atoms with Gasteiger partial charge in [0.1, 0.15) is 12.4 Å². The first-order valence-corrected chi connectivity index (χ1v) is 6.05. The fourth-order valence-electron chi connectivity index (χ4n) is 1.41. The number of hydrogen-bond donors (Lipinski definition) is 1. The normalized spacial score (nSPS) is 10.1. The lowest BCUT2D eigenvalue weighted by atomic mass is 10.1. The second kappa shape index (κ2) is 6.61. The Morgan fingerprint density at radius 2 is 2.24 bits per heavy atom. The number of benzene rings is 1. The van der Waals surface area contributed by atoms with Crippen LogP contribution >= 0.6 is 15.9 Å². The highest BCUT2D eigenvalue weighted by Crippen LogP contribution is 2.25. The van der Waals surface area contributed by atoms with Gasteiger partial charge in [-0.25, -0.2) is 0 Å². The van der Waals surface area contributed by atoms with Crippen LogP contribution in [-0.4, -0.2) is 43.2 Å². The van der Waals surface area contributed by atoms with Crippen LogP contribution in [0.1, 0.15) is 5.56 Å². The minimum atomic E-state index is -0.442. The fraction of sp³-hybridized carbons (Fsp3) is 0.417. The van der Waals surface area contributed by atoms with Crippen LogP contribution < -0.4 is 4.74 Å². The SMILES string of the molecule is COc1ccc(CCN(C)C(=O)CO)cc1Br. The molecule has 1 N–H and O–H groups in total. The van der Waals surface area contributed by atoms with E-state index in [1.165, 1.54) is 4.90 Å². The molecule has 0 atom stereocenters. The lowest BCUT2D eigenvalue weighted by Gasteiger charge is -2.15. The van der Waals surface area contributed by atoms with Crippen molar-refractivity contribution in [2.75, 3.05) is 27.3 Å². The van der Waals surface area contributed by atoms with E-state index in [0.717, 1.165) is 22.2 Å². The lowest BCUT2D eigenvalue weighted by molar-refractivity contribution is -0.132. The molecular weight excluding hydrogens is 286 g/mol. The standard InChI is InChI=1S/C12H16BrNO3/c1-14(12(16)8-15)6-5-9-3-4-11(17-2)10(13)7-9/h3-4,7,15H,5-6,8H2,1-2H3. The molecule has 0 heterocycles. The Kier molecular flexibility index (Phi) is 5.44. The molecule has 1 rings (SSSR count). The molecule has 0 unspecified atom stereocenters. The number of methoxy groups -OCH3 is 1. The number of aliphatic hydroxyl groups is 1. The zero-order valence-corrected chi connectivity index (χ0v) is 11.5. The van der Waals surface area contributed by atoms with Crippen molar-refractivity contribution in [1.82, 2.24) is 4.90 Å².